The average Bonchev–Trinajstić information content (AvgIpc) is 2.17. The van der Waals surface area contributed by atoms with Gasteiger partial charge in [0.2, 0.25) is 0 Å². The van der Waals surface area contributed by atoms with Crippen molar-refractivity contribution in [2.24, 2.45) is 5.73 Å². The Bertz CT molecular complexity index is 405. The Balaban J connectivity index is 3.36. The first-order valence-electron chi connectivity index (χ1n) is 7.32. The van der Waals surface area contributed by atoms with Crippen LogP contribution in [0.5, 0.6) is 0 Å². The summed E-state index contributed by atoms with van der Waals surface area (Å²) in [6.07, 6.45) is -4.53. The average molecular weight is 193 g/mol. The summed E-state index contributed by atoms with van der Waals surface area (Å²) in [5.41, 5.74) is 4.30. The van der Waals surface area contributed by atoms with Crippen molar-refractivity contribution in [1.82, 2.24) is 4.90 Å². The summed E-state index contributed by atoms with van der Waals surface area (Å²) < 4.78 is 58.4. The van der Waals surface area contributed by atoms with E-state index in [1.54, 1.807) is 0 Å². The highest BCUT2D eigenvalue weighted by atomic mass is 16.6. The largest absolute Gasteiger partial charge is 0.444 e. The van der Waals surface area contributed by atoms with Gasteiger partial charge in [-0.05, 0) is 27.1 Å². The normalized spacial score (nSPS) is 48.6. The Morgan fingerprint density at radius 3 is 2.77 bits per heavy atom. The molecule has 0 radical (unpaired) electrons. The minimum absolute atomic E-state index is 0.0712. The van der Waals surface area contributed by atoms with Crippen LogP contribution < -0.4 is 5.73 Å². The van der Waals surface area contributed by atoms with Crippen LogP contribution in [0.25, 0.3) is 0 Å². The SMILES string of the molecule is [2H]C1([2H])N(C(=O)OC(C)(C)C)C([2H])([2H])C([2H])(N)C1([2H])[2H]. The molecule has 0 aliphatic carbocycles. The molecule has 1 unspecified atom stereocenters. The zero-order chi connectivity index (χ0) is 16.4. The summed E-state index contributed by atoms with van der Waals surface area (Å²) >= 11 is 0. The topological polar surface area (TPSA) is 55.6 Å². The van der Waals surface area contributed by atoms with Gasteiger partial charge in [-0.15, -0.1) is 0 Å². The molecule has 1 atom stereocenters. The van der Waals surface area contributed by atoms with Crippen LogP contribution >= 0.6 is 0 Å². The van der Waals surface area contributed by atoms with Crippen molar-refractivity contribution in [3.05, 3.63) is 0 Å². The van der Waals surface area contributed by atoms with Crippen molar-refractivity contribution in [1.29, 1.82) is 0 Å². The summed E-state index contributed by atoms with van der Waals surface area (Å²) in [4.78, 5) is 11.9. The number of likely N-dealkylation sites (tertiary alicyclic amines) is 1. The van der Waals surface area contributed by atoms with E-state index in [2.05, 4.69) is 0 Å². The van der Waals surface area contributed by atoms with Crippen LogP contribution in [0.4, 0.5) is 4.79 Å². The number of ether oxygens (including phenoxy) is 1. The van der Waals surface area contributed by atoms with Crippen molar-refractivity contribution in [3.8, 4) is 0 Å². The second-order valence-corrected chi connectivity index (χ2v) is 3.58. The van der Waals surface area contributed by atoms with Crippen LogP contribution in [-0.2, 0) is 4.74 Å². The first-order chi connectivity index (χ1) is 8.50. The summed E-state index contributed by atoms with van der Waals surface area (Å²) in [6, 6.07) is -2.99. The van der Waals surface area contributed by atoms with E-state index in [0.717, 1.165) is 0 Å². The van der Waals surface area contributed by atoms with Crippen LogP contribution in [-0.4, -0.2) is 35.6 Å². The number of amides is 1. The molecule has 1 fully saturated rings. The fourth-order valence-electron chi connectivity index (χ4n) is 0.691. The van der Waals surface area contributed by atoms with Gasteiger partial charge in [0.05, 0.1) is 2.74 Å². The quantitative estimate of drug-likeness (QED) is 0.623. The summed E-state index contributed by atoms with van der Waals surface area (Å²) in [7, 11) is 0. The minimum Gasteiger partial charge on any atom is -0.444 e. The van der Waals surface area contributed by atoms with Gasteiger partial charge < -0.3 is 15.4 Å². The predicted molar refractivity (Wildman–Crippen MR) is 50.4 cm³/mol. The van der Waals surface area contributed by atoms with E-state index in [1.165, 1.54) is 20.8 Å². The summed E-state index contributed by atoms with van der Waals surface area (Å²) in [6.45, 7) is -1.72. The fourth-order valence-corrected chi connectivity index (χ4v) is 0.691. The number of hydrogen-bond acceptors (Lipinski definition) is 3. The van der Waals surface area contributed by atoms with Gasteiger partial charge in [-0.2, -0.15) is 0 Å². The standard InChI is InChI=1S/C9H18N2O2/c1-9(2,3)13-8(12)11-5-4-7(10)6-11/h7H,4-6,10H2,1-3H3/i4D2,5D2,6D2,7D. The van der Waals surface area contributed by atoms with E-state index < -0.39 is 37.1 Å². The van der Waals surface area contributed by atoms with Gasteiger partial charge in [0, 0.05) is 25.9 Å². The van der Waals surface area contributed by atoms with Gasteiger partial charge in [0.25, 0.3) is 0 Å². The molecule has 0 bridgehead atoms. The monoisotopic (exact) mass is 193 g/mol. The second kappa shape index (κ2) is 3.54. The molecule has 13 heavy (non-hydrogen) atoms. The molecule has 1 saturated heterocycles. The maximum atomic E-state index is 12.0. The molecule has 0 saturated carbocycles. The zero-order valence-electron chi connectivity index (χ0n) is 14.8. The van der Waals surface area contributed by atoms with E-state index >= 15 is 0 Å². The number of carbonyl (C=O) groups excluding carboxylic acids is 1. The first kappa shape index (κ1) is 4.17. The molecule has 1 rings (SSSR count). The molecule has 1 aliphatic heterocycles. The van der Waals surface area contributed by atoms with Crippen molar-refractivity contribution < 1.29 is 19.1 Å². The lowest BCUT2D eigenvalue weighted by atomic mass is 10.2. The lowest BCUT2D eigenvalue weighted by Crippen LogP contribution is -2.36. The highest BCUT2D eigenvalue weighted by molar-refractivity contribution is 5.68. The van der Waals surface area contributed by atoms with Crippen molar-refractivity contribution >= 4 is 6.09 Å². The third kappa shape index (κ3) is 3.22. The third-order valence-electron chi connectivity index (χ3n) is 1.11. The molecule has 0 aromatic carbocycles. The minimum atomic E-state index is -3.13. The van der Waals surface area contributed by atoms with Crippen LogP contribution in [0.3, 0.4) is 0 Å². The Morgan fingerprint density at radius 2 is 2.38 bits per heavy atom. The molecule has 1 amide bonds. The van der Waals surface area contributed by atoms with Crippen molar-refractivity contribution in [3.63, 3.8) is 0 Å². The van der Waals surface area contributed by atoms with Gasteiger partial charge in [-0.1, -0.05) is 0 Å². The first-order valence-corrected chi connectivity index (χ1v) is 3.82. The number of nitrogens with zero attached hydrogens (tertiary/aromatic N) is 1. The molecule has 2 N–H and O–H groups in total. The molecule has 4 heteroatoms. The molecule has 0 spiro atoms. The molecule has 1 aliphatic rings. The Labute approximate surface area is 88.9 Å². The molecule has 76 valence electrons. The van der Waals surface area contributed by atoms with Crippen LogP contribution in [0, 0.1) is 0 Å². The van der Waals surface area contributed by atoms with Gasteiger partial charge in [0.15, 0.2) is 0 Å². The van der Waals surface area contributed by atoms with E-state index in [1.807, 2.05) is 0 Å². The van der Waals surface area contributed by atoms with E-state index in [0.29, 0.717) is 0 Å². The molecule has 0 aromatic heterocycles. The number of rotatable bonds is 0. The van der Waals surface area contributed by atoms with E-state index in [4.69, 9.17) is 20.1 Å². The Hall–Kier alpha value is -0.770. The highest BCUT2D eigenvalue weighted by Gasteiger charge is 2.27. The molecule has 0 aromatic rings. The van der Waals surface area contributed by atoms with E-state index in [-0.39, 0.29) is 4.90 Å². The van der Waals surface area contributed by atoms with Crippen molar-refractivity contribution in [2.75, 3.05) is 13.0 Å². The van der Waals surface area contributed by atoms with Gasteiger partial charge in [-0.3, -0.25) is 0 Å². The molecule has 4 nitrogen and oxygen atoms in total. The smallest absolute Gasteiger partial charge is 0.410 e. The third-order valence-corrected chi connectivity index (χ3v) is 1.11. The lowest BCUT2D eigenvalue weighted by molar-refractivity contribution is 0.0293. The summed E-state index contributed by atoms with van der Waals surface area (Å²) in [5.74, 6) is 0. The summed E-state index contributed by atoms with van der Waals surface area (Å²) in [5, 5.41) is 0. The Morgan fingerprint density at radius 1 is 1.77 bits per heavy atom. The van der Waals surface area contributed by atoms with Gasteiger partial charge >= 0.3 is 6.09 Å². The number of hydrogen-bond donors (Lipinski definition) is 1. The van der Waals surface area contributed by atoms with Gasteiger partial charge in [0.1, 0.15) is 5.60 Å². The second-order valence-electron chi connectivity index (χ2n) is 3.58. The van der Waals surface area contributed by atoms with Crippen molar-refractivity contribution in [2.45, 2.75) is 38.8 Å². The maximum Gasteiger partial charge on any atom is 0.410 e. The van der Waals surface area contributed by atoms with Crippen LogP contribution in [0.15, 0.2) is 0 Å². The molecule has 1 heterocycles. The van der Waals surface area contributed by atoms with E-state index in [9.17, 15) is 4.79 Å². The molecular weight excluding hydrogens is 168 g/mol. The van der Waals surface area contributed by atoms with Crippen LogP contribution in [0.1, 0.15) is 36.7 Å². The zero-order valence-corrected chi connectivity index (χ0v) is 7.84. The Kier molecular flexibility index (Phi) is 1.13. The van der Waals surface area contributed by atoms with Crippen LogP contribution in [0.2, 0.25) is 0 Å². The molecular formula is C9H18N2O2. The van der Waals surface area contributed by atoms with Gasteiger partial charge in [-0.25, -0.2) is 4.79 Å². The number of carbonyl (C=O) groups is 1. The maximum absolute atomic E-state index is 12.0. The highest BCUT2D eigenvalue weighted by Crippen LogP contribution is 2.13. The fraction of sp³-hybridized carbons (Fsp3) is 0.889. The predicted octanol–water partition coefficient (Wildman–Crippen LogP) is 0.955. The number of nitrogens with two attached hydrogens (primary N) is 1. The lowest BCUT2D eigenvalue weighted by Gasteiger charge is -2.24.